The minimum Gasteiger partial charge on any atom is -0.326 e. The molecule has 5 nitrogen and oxygen atoms in total. The standard InChI is InChI=1S/C13H23N3O2S/c1-3-9-15-19(17,18)16(10-4-2)13-7-5-12(11-14)6-8-13/h5-8,15H,3-4,9-11,14H2,1-2H3. The van der Waals surface area contributed by atoms with Gasteiger partial charge < -0.3 is 5.73 Å². The van der Waals surface area contributed by atoms with E-state index in [-0.39, 0.29) is 0 Å². The van der Waals surface area contributed by atoms with Crippen molar-refractivity contribution in [1.29, 1.82) is 0 Å². The lowest BCUT2D eigenvalue weighted by molar-refractivity contribution is 0.574. The van der Waals surface area contributed by atoms with Gasteiger partial charge >= 0.3 is 10.2 Å². The molecule has 0 amide bonds. The Labute approximate surface area is 116 Å². The van der Waals surface area contributed by atoms with E-state index in [1.165, 1.54) is 4.31 Å². The Morgan fingerprint density at radius 3 is 2.26 bits per heavy atom. The van der Waals surface area contributed by atoms with Crippen LogP contribution in [0.3, 0.4) is 0 Å². The van der Waals surface area contributed by atoms with Crippen LogP contribution in [0.15, 0.2) is 24.3 Å². The summed E-state index contributed by atoms with van der Waals surface area (Å²) in [4.78, 5) is 0. The largest absolute Gasteiger partial charge is 0.326 e. The van der Waals surface area contributed by atoms with E-state index in [1.54, 1.807) is 12.1 Å². The molecule has 0 spiro atoms. The van der Waals surface area contributed by atoms with Crippen LogP contribution in [0.2, 0.25) is 0 Å². The summed E-state index contributed by atoms with van der Waals surface area (Å²) in [5, 5.41) is 0. The summed E-state index contributed by atoms with van der Waals surface area (Å²) in [6.45, 7) is 5.25. The molecular formula is C13H23N3O2S. The number of anilines is 1. The lowest BCUT2D eigenvalue weighted by Gasteiger charge is -2.24. The lowest BCUT2D eigenvalue weighted by Crippen LogP contribution is -2.41. The highest BCUT2D eigenvalue weighted by Gasteiger charge is 2.20. The molecule has 0 atom stereocenters. The number of nitrogens with two attached hydrogens (primary N) is 1. The van der Waals surface area contributed by atoms with Crippen molar-refractivity contribution in [2.45, 2.75) is 33.2 Å². The summed E-state index contributed by atoms with van der Waals surface area (Å²) in [5.74, 6) is 0. The SMILES string of the molecule is CCCNS(=O)(=O)N(CCC)c1ccc(CN)cc1. The molecule has 0 saturated carbocycles. The quantitative estimate of drug-likeness (QED) is 0.762. The fourth-order valence-electron chi connectivity index (χ4n) is 1.70. The molecule has 6 heteroatoms. The Bertz CT molecular complexity index is 471. The maximum Gasteiger partial charge on any atom is 0.301 e. The van der Waals surface area contributed by atoms with Gasteiger partial charge in [-0.2, -0.15) is 13.1 Å². The molecule has 0 unspecified atom stereocenters. The molecule has 0 saturated heterocycles. The van der Waals surface area contributed by atoms with Gasteiger partial charge in [0.2, 0.25) is 0 Å². The van der Waals surface area contributed by atoms with Gasteiger partial charge in [0.25, 0.3) is 0 Å². The van der Waals surface area contributed by atoms with E-state index in [0.29, 0.717) is 25.3 Å². The minimum absolute atomic E-state index is 0.448. The zero-order chi connectivity index (χ0) is 14.3. The fourth-order valence-corrected chi connectivity index (χ4v) is 3.14. The second-order valence-electron chi connectivity index (χ2n) is 4.34. The first kappa shape index (κ1) is 15.9. The van der Waals surface area contributed by atoms with Crippen molar-refractivity contribution in [3.63, 3.8) is 0 Å². The maximum absolute atomic E-state index is 12.2. The van der Waals surface area contributed by atoms with Crippen molar-refractivity contribution in [3.8, 4) is 0 Å². The number of rotatable bonds is 8. The van der Waals surface area contributed by atoms with Gasteiger partial charge in [-0.15, -0.1) is 0 Å². The Morgan fingerprint density at radius 2 is 1.79 bits per heavy atom. The van der Waals surface area contributed by atoms with Gasteiger partial charge in [-0.05, 0) is 30.5 Å². The molecule has 1 rings (SSSR count). The Morgan fingerprint density at radius 1 is 1.16 bits per heavy atom. The predicted octanol–water partition coefficient (Wildman–Crippen LogP) is 1.61. The van der Waals surface area contributed by atoms with Crippen LogP contribution in [0.4, 0.5) is 5.69 Å². The van der Waals surface area contributed by atoms with Crippen molar-refractivity contribution in [1.82, 2.24) is 4.72 Å². The van der Waals surface area contributed by atoms with E-state index in [9.17, 15) is 8.42 Å². The highest BCUT2D eigenvalue weighted by atomic mass is 32.2. The van der Waals surface area contributed by atoms with Crippen LogP contribution in [0, 0.1) is 0 Å². The summed E-state index contributed by atoms with van der Waals surface area (Å²) >= 11 is 0. The summed E-state index contributed by atoms with van der Waals surface area (Å²) in [7, 11) is -3.47. The van der Waals surface area contributed by atoms with E-state index in [4.69, 9.17) is 5.73 Å². The molecule has 0 fully saturated rings. The fraction of sp³-hybridized carbons (Fsp3) is 0.538. The molecule has 3 N–H and O–H groups in total. The molecule has 1 aromatic carbocycles. The third kappa shape index (κ3) is 4.49. The number of hydrogen-bond donors (Lipinski definition) is 2. The summed E-state index contributed by atoms with van der Waals surface area (Å²) in [5.41, 5.74) is 7.20. The molecule has 108 valence electrons. The number of nitrogens with one attached hydrogen (secondary N) is 1. The van der Waals surface area contributed by atoms with Crippen LogP contribution in [0.1, 0.15) is 32.3 Å². The highest BCUT2D eigenvalue weighted by molar-refractivity contribution is 7.90. The van der Waals surface area contributed by atoms with E-state index < -0.39 is 10.2 Å². The molecule has 0 aliphatic carbocycles. The van der Waals surface area contributed by atoms with Crippen molar-refractivity contribution in [3.05, 3.63) is 29.8 Å². The van der Waals surface area contributed by atoms with Crippen LogP contribution in [-0.2, 0) is 16.8 Å². The molecule has 1 aromatic rings. The second kappa shape index (κ2) is 7.47. The smallest absolute Gasteiger partial charge is 0.301 e. The molecule has 0 heterocycles. The molecule has 0 radical (unpaired) electrons. The van der Waals surface area contributed by atoms with Gasteiger partial charge in [0.15, 0.2) is 0 Å². The topological polar surface area (TPSA) is 75.4 Å². The zero-order valence-electron chi connectivity index (χ0n) is 11.6. The van der Waals surface area contributed by atoms with E-state index in [0.717, 1.165) is 18.4 Å². The van der Waals surface area contributed by atoms with Crippen molar-refractivity contribution in [2.75, 3.05) is 17.4 Å². The number of benzene rings is 1. The first-order valence-electron chi connectivity index (χ1n) is 6.61. The monoisotopic (exact) mass is 285 g/mol. The van der Waals surface area contributed by atoms with Gasteiger partial charge in [0.05, 0.1) is 5.69 Å². The third-order valence-electron chi connectivity index (χ3n) is 2.71. The normalized spacial score (nSPS) is 11.5. The zero-order valence-corrected chi connectivity index (χ0v) is 12.4. The van der Waals surface area contributed by atoms with E-state index in [1.807, 2.05) is 26.0 Å². The van der Waals surface area contributed by atoms with E-state index >= 15 is 0 Å². The summed E-state index contributed by atoms with van der Waals surface area (Å²) < 4.78 is 28.4. The van der Waals surface area contributed by atoms with Crippen LogP contribution in [-0.4, -0.2) is 21.5 Å². The van der Waals surface area contributed by atoms with Crippen molar-refractivity contribution < 1.29 is 8.42 Å². The van der Waals surface area contributed by atoms with Gasteiger partial charge in [-0.25, -0.2) is 0 Å². The highest BCUT2D eigenvalue weighted by Crippen LogP contribution is 2.18. The van der Waals surface area contributed by atoms with E-state index in [2.05, 4.69) is 4.72 Å². The van der Waals surface area contributed by atoms with Gasteiger partial charge in [0.1, 0.15) is 0 Å². The van der Waals surface area contributed by atoms with Crippen LogP contribution >= 0.6 is 0 Å². The van der Waals surface area contributed by atoms with Crippen LogP contribution in [0.25, 0.3) is 0 Å². The van der Waals surface area contributed by atoms with Crippen molar-refractivity contribution in [2.24, 2.45) is 5.73 Å². The van der Waals surface area contributed by atoms with Gasteiger partial charge in [-0.3, -0.25) is 4.31 Å². The Balaban J connectivity index is 2.98. The molecule has 19 heavy (non-hydrogen) atoms. The predicted molar refractivity (Wildman–Crippen MR) is 79.2 cm³/mol. The molecule has 0 bridgehead atoms. The average molecular weight is 285 g/mol. The molecular weight excluding hydrogens is 262 g/mol. The van der Waals surface area contributed by atoms with Crippen LogP contribution in [0.5, 0.6) is 0 Å². The second-order valence-corrected chi connectivity index (χ2v) is 6.02. The maximum atomic E-state index is 12.2. The summed E-state index contributed by atoms with van der Waals surface area (Å²) in [6, 6.07) is 7.30. The lowest BCUT2D eigenvalue weighted by atomic mass is 10.2. The molecule has 0 aromatic heterocycles. The number of nitrogens with zero attached hydrogens (tertiary/aromatic N) is 1. The minimum atomic E-state index is -3.47. The first-order valence-corrected chi connectivity index (χ1v) is 8.05. The summed E-state index contributed by atoms with van der Waals surface area (Å²) in [6.07, 6.45) is 1.52. The Kier molecular flexibility index (Phi) is 6.27. The number of hydrogen-bond acceptors (Lipinski definition) is 3. The molecule has 0 aliphatic heterocycles. The molecule has 0 aliphatic rings. The van der Waals surface area contributed by atoms with Crippen molar-refractivity contribution >= 4 is 15.9 Å². The van der Waals surface area contributed by atoms with Gasteiger partial charge in [-0.1, -0.05) is 26.0 Å². The Hall–Kier alpha value is -1.11. The first-order chi connectivity index (χ1) is 9.05. The third-order valence-corrected chi connectivity index (χ3v) is 4.25. The van der Waals surface area contributed by atoms with Gasteiger partial charge in [0, 0.05) is 19.6 Å². The average Bonchev–Trinajstić information content (AvgIpc) is 2.42. The van der Waals surface area contributed by atoms with Crippen LogP contribution < -0.4 is 14.8 Å².